The molecule has 4 heterocycles. The van der Waals surface area contributed by atoms with E-state index in [4.69, 9.17) is 14.8 Å². The van der Waals surface area contributed by atoms with Crippen LogP contribution in [0.15, 0.2) is 53.6 Å². The highest BCUT2D eigenvalue weighted by Gasteiger charge is 2.22. The SMILES string of the molecule is CCc1nn(C2CCOCC2)c2nc(-c3ccnn3-c3ccc(S(C)(=O)=O)cc3)ccc12. The number of pyridine rings is 1. The van der Waals surface area contributed by atoms with Gasteiger partial charge in [0.2, 0.25) is 0 Å². The summed E-state index contributed by atoms with van der Waals surface area (Å²) in [6, 6.07) is 13.0. The standard InChI is InChI=1S/C23H25N5O3S/c1-3-20-19-8-9-21(25-23(19)28(26-20)17-11-14-31-15-12-17)22-10-13-24-27(22)16-4-6-18(7-5-16)32(2,29)30/h4-10,13,17H,3,11-12,14-15H2,1-2H3. The van der Waals surface area contributed by atoms with Crippen LogP contribution in [0.25, 0.3) is 28.1 Å². The van der Waals surface area contributed by atoms with Crippen LogP contribution >= 0.6 is 0 Å². The summed E-state index contributed by atoms with van der Waals surface area (Å²) in [5, 5.41) is 10.4. The van der Waals surface area contributed by atoms with E-state index >= 15 is 0 Å². The van der Waals surface area contributed by atoms with Crippen molar-refractivity contribution < 1.29 is 13.2 Å². The lowest BCUT2D eigenvalue weighted by Gasteiger charge is -2.22. The first-order valence-electron chi connectivity index (χ1n) is 10.8. The molecule has 1 saturated heterocycles. The fourth-order valence-electron chi connectivity index (χ4n) is 4.21. The van der Waals surface area contributed by atoms with Crippen molar-refractivity contribution in [2.45, 2.75) is 37.1 Å². The molecule has 8 nitrogen and oxygen atoms in total. The van der Waals surface area contributed by atoms with Gasteiger partial charge in [0.15, 0.2) is 15.5 Å². The van der Waals surface area contributed by atoms with Crippen LogP contribution in [0, 0.1) is 0 Å². The molecule has 0 atom stereocenters. The van der Waals surface area contributed by atoms with E-state index in [0.29, 0.717) is 0 Å². The molecule has 5 rings (SSSR count). The van der Waals surface area contributed by atoms with Crippen molar-refractivity contribution in [1.82, 2.24) is 24.5 Å². The zero-order valence-electron chi connectivity index (χ0n) is 18.1. The number of sulfone groups is 1. The second kappa shape index (κ2) is 8.14. The quantitative estimate of drug-likeness (QED) is 0.460. The van der Waals surface area contributed by atoms with Crippen LogP contribution in [0.5, 0.6) is 0 Å². The minimum atomic E-state index is -3.25. The Balaban J connectivity index is 1.58. The number of aryl methyl sites for hydroxylation is 1. The first-order valence-corrected chi connectivity index (χ1v) is 12.7. The molecular weight excluding hydrogens is 426 g/mol. The monoisotopic (exact) mass is 451 g/mol. The van der Waals surface area contributed by atoms with Gasteiger partial charge in [-0.2, -0.15) is 10.2 Å². The topological polar surface area (TPSA) is 91.9 Å². The van der Waals surface area contributed by atoms with Crippen molar-refractivity contribution in [1.29, 1.82) is 0 Å². The molecule has 166 valence electrons. The van der Waals surface area contributed by atoms with Crippen molar-refractivity contribution in [3.63, 3.8) is 0 Å². The number of hydrogen-bond acceptors (Lipinski definition) is 6. The second-order valence-electron chi connectivity index (χ2n) is 8.05. The van der Waals surface area contributed by atoms with Gasteiger partial charge < -0.3 is 4.74 Å². The van der Waals surface area contributed by atoms with Gasteiger partial charge in [-0.1, -0.05) is 6.92 Å². The molecule has 32 heavy (non-hydrogen) atoms. The van der Waals surface area contributed by atoms with Crippen LogP contribution in [0.1, 0.15) is 31.5 Å². The van der Waals surface area contributed by atoms with Crippen LogP contribution in [0.2, 0.25) is 0 Å². The van der Waals surface area contributed by atoms with Crippen molar-refractivity contribution >= 4 is 20.9 Å². The van der Waals surface area contributed by atoms with E-state index in [-0.39, 0.29) is 10.9 Å². The third-order valence-corrected chi connectivity index (χ3v) is 7.05. The lowest BCUT2D eigenvalue weighted by molar-refractivity contribution is 0.0672. The van der Waals surface area contributed by atoms with Crippen molar-refractivity contribution in [2.75, 3.05) is 19.5 Å². The van der Waals surface area contributed by atoms with Gasteiger partial charge in [-0.05, 0) is 61.7 Å². The van der Waals surface area contributed by atoms with Gasteiger partial charge >= 0.3 is 0 Å². The number of rotatable bonds is 5. The molecule has 0 radical (unpaired) electrons. The van der Waals surface area contributed by atoms with E-state index in [1.165, 1.54) is 6.26 Å². The Kier molecular flexibility index (Phi) is 5.30. The van der Waals surface area contributed by atoms with Crippen molar-refractivity contribution in [3.8, 4) is 17.1 Å². The van der Waals surface area contributed by atoms with E-state index in [1.807, 2.05) is 12.1 Å². The highest BCUT2D eigenvalue weighted by atomic mass is 32.2. The maximum Gasteiger partial charge on any atom is 0.175 e. The van der Waals surface area contributed by atoms with E-state index < -0.39 is 9.84 Å². The molecule has 0 bridgehead atoms. The molecule has 0 amide bonds. The van der Waals surface area contributed by atoms with Gasteiger partial charge in [0, 0.05) is 24.9 Å². The molecule has 1 aromatic carbocycles. The van der Waals surface area contributed by atoms with Crippen LogP contribution < -0.4 is 0 Å². The summed E-state index contributed by atoms with van der Waals surface area (Å²) in [5.74, 6) is 0. The maximum absolute atomic E-state index is 11.8. The Morgan fingerprint density at radius 3 is 2.50 bits per heavy atom. The van der Waals surface area contributed by atoms with E-state index in [9.17, 15) is 8.42 Å². The summed E-state index contributed by atoms with van der Waals surface area (Å²) in [7, 11) is -3.25. The molecule has 0 spiro atoms. The molecular formula is C23H25N5O3S. The number of fused-ring (bicyclic) bond motifs is 1. The highest BCUT2D eigenvalue weighted by molar-refractivity contribution is 7.90. The number of nitrogens with zero attached hydrogens (tertiary/aromatic N) is 5. The zero-order chi connectivity index (χ0) is 22.3. The fraction of sp³-hybridized carbons (Fsp3) is 0.348. The molecule has 4 aromatic rings. The average Bonchev–Trinajstić information content (AvgIpc) is 3.44. The summed E-state index contributed by atoms with van der Waals surface area (Å²) < 4.78 is 32.9. The molecule has 0 unspecified atom stereocenters. The van der Waals surface area contributed by atoms with Crippen molar-refractivity contribution in [2.24, 2.45) is 0 Å². The van der Waals surface area contributed by atoms with Crippen LogP contribution in [0.4, 0.5) is 0 Å². The highest BCUT2D eigenvalue weighted by Crippen LogP contribution is 2.30. The van der Waals surface area contributed by atoms with Gasteiger partial charge in [-0.25, -0.2) is 22.8 Å². The lowest BCUT2D eigenvalue weighted by Crippen LogP contribution is -2.21. The number of benzene rings is 1. The molecule has 1 aliphatic heterocycles. The average molecular weight is 452 g/mol. The third kappa shape index (κ3) is 3.71. The molecule has 0 saturated carbocycles. The fourth-order valence-corrected chi connectivity index (χ4v) is 4.84. The predicted molar refractivity (Wildman–Crippen MR) is 122 cm³/mol. The summed E-state index contributed by atoms with van der Waals surface area (Å²) in [4.78, 5) is 5.29. The molecule has 1 aliphatic rings. The van der Waals surface area contributed by atoms with Gasteiger partial charge in [0.25, 0.3) is 0 Å². The predicted octanol–water partition coefficient (Wildman–Crippen LogP) is 3.60. The Labute approximate surface area is 186 Å². The number of hydrogen-bond donors (Lipinski definition) is 0. The summed E-state index contributed by atoms with van der Waals surface area (Å²) in [6.07, 6.45) is 5.62. The van der Waals surface area contributed by atoms with Crippen LogP contribution in [-0.4, -0.2) is 52.4 Å². The van der Waals surface area contributed by atoms with Gasteiger partial charge in [-0.15, -0.1) is 0 Å². The first-order chi connectivity index (χ1) is 15.5. The first kappa shape index (κ1) is 20.8. The Morgan fingerprint density at radius 2 is 1.81 bits per heavy atom. The smallest absolute Gasteiger partial charge is 0.175 e. The van der Waals surface area contributed by atoms with Gasteiger partial charge in [-0.3, -0.25) is 0 Å². The summed E-state index contributed by atoms with van der Waals surface area (Å²) in [5.41, 5.74) is 4.32. The van der Waals surface area contributed by atoms with E-state index in [0.717, 1.165) is 66.3 Å². The zero-order valence-corrected chi connectivity index (χ0v) is 18.9. The Morgan fingerprint density at radius 1 is 1.06 bits per heavy atom. The maximum atomic E-state index is 11.8. The Bertz CT molecular complexity index is 1370. The molecule has 9 heteroatoms. The largest absolute Gasteiger partial charge is 0.381 e. The minimum absolute atomic E-state index is 0.280. The molecule has 0 aliphatic carbocycles. The molecule has 3 aromatic heterocycles. The number of aromatic nitrogens is 5. The molecule has 1 fully saturated rings. The van der Waals surface area contributed by atoms with Gasteiger partial charge in [0.1, 0.15) is 0 Å². The van der Waals surface area contributed by atoms with E-state index in [1.54, 1.807) is 35.1 Å². The Hall–Kier alpha value is -3.04. The summed E-state index contributed by atoms with van der Waals surface area (Å²) in [6.45, 7) is 3.59. The lowest BCUT2D eigenvalue weighted by atomic mass is 10.1. The van der Waals surface area contributed by atoms with Crippen molar-refractivity contribution in [3.05, 3.63) is 54.4 Å². The van der Waals surface area contributed by atoms with Crippen LogP contribution in [-0.2, 0) is 21.0 Å². The third-order valence-electron chi connectivity index (χ3n) is 5.92. The minimum Gasteiger partial charge on any atom is -0.381 e. The normalized spacial score (nSPS) is 15.4. The number of ether oxygens (including phenoxy) is 1. The van der Waals surface area contributed by atoms with Crippen LogP contribution in [0.3, 0.4) is 0 Å². The molecule has 0 N–H and O–H groups in total. The summed E-state index contributed by atoms with van der Waals surface area (Å²) >= 11 is 0. The van der Waals surface area contributed by atoms with Gasteiger partial charge in [0.05, 0.1) is 39.9 Å². The van der Waals surface area contributed by atoms with E-state index in [2.05, 4.69) is 22.8 Å². The second-order valence-corrected chi connectivity index (χ2v) is 10.1.